The van der Waals surface area contributed by atoms with Crippen molar-refractivity contribution in [1.82, 2.24) is 23.5 Å². The van der Waals surface area contributed by atoms with Crippen molar-refractivity contribution in [3.8, 4) is 5.75 Å². The average molecular weight is 351 g/mol. The van der Waals surface area contributed by atoms with Gasteiger partial charge >= 0.3 is 0 Å². The van der Waals surface area contributed by atoms with Gasteiger partial charge in [-0.15, -0.1) is 0 Å². The normalized spacial score (nSPS) is 11.7. The monoisotopic (exact) mass is 351 g/mol. The first kappa shape index (κ1) is 16.4. The van der Waals surface area contributed by atoms with E-state index in [1.807, 2.05) is 39.4 Å². The second-order valence-corrected chi connectivity index (χ2v) is 6.75. The molecule has 0 aliphatic carbocycles. The Morgan fingerprint density at radius 3 is 2.58 bits per heavy atom. The lowest BCUT2D eigenvalue weighted by Gasteiger charge is -2.07. The van der Waals surface area contributed by atoms with Gasteiger partial charge in [0.05, 0.1) is 19.1 Å². The minimum Gasteiger partial charge on any atom is -0.497 e. The third kappa shape index (κ3) is 2.47. The third-order valence-electron chi connectivity index (χ3n) is 4.66. The van der Waals surface area contributed by atoms with Crippen molar-refractivity contribution in [2.45, 2.75) is 26.3 Å². The van der Waals surface area contributed by atoms with Gasteiger partial charge in [0.2, 0.25) is 5.78 Å². The minimum absolute atomic E-state index is 0.0978. The van der Waals surface area contributed by atoms with Crippen LogP contribution < -0.4 is 10.3 Å². The molecule has 0 radical (unpaired) electrons. The zero-order chi connectivity index (χ0) is 18.4. The summed E-state index contributed by atoms with van der Waals surface area (Å²) in [5.41, 5.74) is 3.12. The Balaban J connectivity index is 1.87. The predicted octanol–water partition coefficient (Wildman–Crippen LogP) is 2.56. The number of hydrogen-bond acceptors (Lipinski definition) is 4. The van der Waals surface area contributed by atoms with Crippen LogP contribution in [0.25, 0.3) is 16.9 Å². The molecule has 7 nitrogen and oxygen atoms in total. The molecular weight excluding hydrogens is 330 g/mol. The molecule has 4 aromatic rings. The van der Waals surface area contributed by atoms with Crippen LogP contribution in [0.2, 0.25) is 0 Å². The van der Waals surface area contributed by atoms with Crippen molar-refractivity contribution >= 4 is 16.9 Å². The summed E-state index contributed by atoms with van der Waals surface area (Å²) in [5, 5.41) is 0. The van der Waals surface area contributed by atoms with E-state index in [0.29, 0.717) is 23.5 Å². The van der Waals surface area contributed by atoms with Gasteiger partial charge in [0.15, 0.2) is 11.2 Å². The highest BCUT2D eigenvalue weighted by Crippen LogP contribution is 2.19. The molecular formula is C19H21N5O2. The average Bonchev–Trinajstić information content (AvgIpc) is 3.25. The van der Waals surface area contributed by atoms with Gasteiger partial charge in [-0.2, -0.15) is 0 Å². The van der Waals surface area contributed by atoms with Crippen molar-refractivity contribution in [1.29, 1.82) is 0 Å². The molecule has 0 saturated heterocycles. The highest BCUT2D eigenvalue weighted by molar-refractivity contribution is 5.73. The van der Waals surface area contributed by atoms with Crippen molar-refractivity contribution in [2.75, 3.05) is 7.11 Å². The zero-order valence-electron chi connectivity index (χ0n) is 15.3. The van der Waals surface area contributed by atoms with Crippen LogP contribution in [-0.4, -0.2) is 30.6 Å². The van der Waals surface area contributed by atoms with Crippen LogP contribution in [0.1, 0.15) is 31.0 Å². The first-order valence-electron chi connectivity index (χ1n) is 8.55. The van der Waals surface area contributed by atoms with Gasteiger partial charge in [-0.25, -0.2) is 9.97 Å². The number of benzene rings is 1. The Bertz CT molecular complexity index is 1150. The maximum atomic E-state index is 12.9. The number of rotatable bonds is 4. The number of ether oxygens (including phenoxy) is 1. The molecule has 0 aliphatic heterocycles. The largest absolute Gasteiger partial charge is 0.497 e. The molecule has 26 heavy (non-hydrogen) atoms. The van der Waals surface area contributed by atoms with E-state index in [0.717, 1.165) is 17.0 Å². The highest BCUT2D eigenvalue weighted by Gasteiger charge is 2.17. The van der Waals surface area contributed by atoms with E-state index in [-0.39, 0.29) is 11.5 Å². The summed E-state index contributed by atoms with van der Waals surface area (Å²) in [6.07, 6.45) is 3.68. The summed E-state index contributed by atoms with van der Waals surface area (Å²) in [7, 11) is 3.39. The molecule has 0 N–H and O–H groups in total. The molecule has 134 valence electrons. The summed E-state index contributed by atoms with van der Waals surface area (Å²) in [6.45, 7) is 4.73. The highest BCUT2D eigenvalue weighted by atomic mass is 16.5. The Kier molecular flexibility index (Phi) is 3.79. The molecule has 1 aromatic carbocycles. The third-order valence-corrected chi connectivity index (χ3v) is 4.66. The molecule has 4 rings (SSSR count). The standard InChI is InChI=1S/C19H21N5O2/c1-12(2)15-10-24-17-16(18(25)22(3)19(24)21-15)23(11-20-17)9-13-5-7-14(26-4)8-6-13/h5-8,10-12H,9H2,1-4H3. The second-order valence-electron chi connectivity index (χ2n) is 6.75. The summed E-state index contributed by atoms with van der Waals surface area (Å²) in [4.78, 5) is 22.0. The smallest absolute Gasteiger partial charge is 0.280 e. The van der Waals surface area contributed by atoms with Gasteiger partial charge in [0.25, 0.3) is 5.56 Å². The number of aryl methyl sites for hydroxylation is 1. The lowest BCUT2D eigenvalue weighted by atomic mass is 10.2. The predicted molar refractivity (Wildman–Crippen MR) is 99.9 cm³/mol. The molecule has 7 heteroatoms. The van der Waals surface area contributed by atoms with Gasteiger partial charge in [0, 0.05) is 19.8 Å². The van der Waals surface area contributed by atoms with Crippen molar-refractivity contribution in [3.63, 3.8) is 0 Å². The zero-order valence-corrected chi connectivity index (χ0v) is 15.3. The van der Waals surface area contributed by atoms with Crippen LogP contribution in [0, 0.1) is 0 Å². The Morgan fingerprint density at radius 1 is 1.19 bits per heavy atom. The molecule has 0 spiro atoms. The fourth-order valence-corrected chi connectivity index (χ4v) is 3.12. The number of nitrogens with zero attached hydrogens (tertiary/aromatic N) is 5. The number of imidazole rings is 2. The van der Waals surface area contributed by atoms with Crippen LogP contribution in [0.5, 0.6) is 5.75 Å². The molecule has 0 amide bonds. The topological polar surface area (TPSA) is 66.4 Å². The SMILES string of the molecule is COc1ccc(Cn2cnc3c2c(=O)n(C)c2nc(C(C)C)cn32)cc1. The van der Waals surface area contributed by atoms with Gasteiger partial charge < -0.3 is 9.30 Å². The van der Waals surface area contributed by atoms with Crippen LogP contribution >= 0.6 is 0 Å². The van der Waals surface area contributed by atoms with Gasteiger partial charge in [-0.05, 0) is 23.6 Å². The summed E-state index contributed by atoms with van der Waals surface area (Å²) < 4.78 is 10.6. The van der Waals surface area contributed by atoms with Crippen LogP contribution in [0.3, 0.4) is 0 Å². The second kappa shape index (κ2) is 6.01. The number of aromatic nitrogens is 5. The fraction of sp³-hybridized carbons (Fsp3) is 0.316. The lowest BCUT2D eigenvalue weighted by molar-refractivity contribution is 0.414. The number of hydrogen-bond donors (Lipinski definition) is 0. The van der Waals surface area contributed by atoms with Gasteiger partial charge in [-0.3, -0.25) is 13.8 Å². The van der Waals surface area contributed by atoms with E-state index >= 15 is 0 Å². The molecule has 0 saturated carbocycles. The maximum absolute atomic E-state index is 12.9. The summed E-state index contributed by atoms with van der Waals surface area (Å²) >= 11 is 0. The molecule has 0 aliphatic rings. The van der Waals surface area contributed by atoms with E-state index in [4.69, 9.17) is 4.74 Å². The van der Waals surface area contributed by atoms with Crippen LogP contribution in [0.4, 0.5) is 0 Å². The summed E-state index contributed by atoms with van der Waals surface area (Å²) in [5.74, 6) is 1.70. The number of methoxy groups -OCH3 is 1. The van der Waals surface area contributed by atoms with E-state index in [9.17, 15) is 4.79 Å². The van der Waals surface area contributed by atoms with Gasteiger partial charge in [0.1, 0.15) is 5.75 Å². The Morgan fingerprint density at radius 2 is 1.92 bits per heavy atom. The molecule has 3 heterocycles. The number of fused-ring (bicyclic) bond motifs is 3. The van der Waals surface area contributed by atoms with E-state index < -0.39 is 0 Å². The van der Waals surface area contributed by atoms with E-state index in [1.54, 1.807) is 25.1 Å². The molecule has 0 atom stereocenters. The molecule has 0 unspecified atom stereocenters. The maximum Gasteiger partial charge on any atom is 0.280 e. The van der Waals surface area contributed by atoms with Gasteiger partial charge in [-0.1, -0.05) is 26.0 Å². The van der Waals surface area contributed by atoms with Crippen LogP contribution in [0.15, 0.2) is 41.6 Å². The summed E-state index contributed by atoms with van der Waals surface area (Å²) in [6, 6.07) is 7.80. The first-order chi connectivity index (χ1) is 12.5. The Labute approximate surface area is 150 Å². The van der Waals surface area contributed by atoms with Crippen molar-refractivity contribution in [2.24, 2.45) is 7.05 Å². The van der Waals surface area contributed by atoms with E-state index in [1.165, 1.54) is 0 Å². The van der Waals surface area contributed by atoms with E-state index in [2.05, 4.69) is 23.8 Å². The molecule has 0 fully saturated rings. The fourth-order valence-electron chi connectivity index (χ4n) is 3.12. The molecule has 0 bridgehead atoms. The van der Waals surface area contributed by atoms with Crippen molar-refractivity contribution in [3.05, 3.63) is 58.4 Å². The first-order valence-corrected chi connectivity index (χ1v) is 8.55. The lowest BCUT2D eigenvalue weighted by Crippen LogP contribution is -2.22. The minimum atomic E-state index is -0.0978. The van der Waals surface area contributed by atoms with Crippen molar-refractivity contribution < 1.29 is 4.74 Å². The Hall–Kier alpha value is -3.09. The quantitative estimate of drug-likeness (QED) is 0.567. The van der Waals surface area contributed by atoms with Crippen LogP contribution in [-0.2, 0) is 13.6 Å². The molecule has 3 aromatic heterocycles.